The monoisotopic (exact) mass is 1610 g/mol. The quantitative estimate of drug-likeness (QED) is 0.0231. The lowest BCUT2D eigenvalue weighted by Gasteiger charge is -2.60. The minimum Gasteiger partial charge on any atom is -0.743 e. The van der Waals surface area contributed by atoms with Gasteiger partial charge in [0, 0.05) is 31.2 Å². The van der Waals surface area contributed by atoms with E-state index in [1.54, 1.807) is 32.9 Å². The predicted molar refractivity (Wildman–Crippen MR) is 392 cm³/mol. The number of esters is 3. The lowest BCUT2D eigenvalue weighted by atomic mass is 9.48. The summed E-state index contributed by atoms with van der Waals surface area (Å²) in [6.45, 7) is 24.3. The maximum absolute atomic E-state index is 13.9. The van der Waals surface area contributed by atoms with Gasteiger partial charge in [-0.25, -0.2) is 8.42 Å². The van der Waals surface area contributed by atoms with Crippen LogP contribution in [-0.4, -0.2) is 70.3 Å². The Kier molecular flexibility index (Phi) is 26.7. The highest BCUT2D eigenvalue weighted by molar-refractivity contribution is 14.1. The summed E-state index contributed by atoms with van der Waals surface area (Å²) in [4.78, 5) is 38.9. The molecule has 4 bridgehead atoms. The molecule has 5 aromatic carbocycles. The summed E-state index contributed by atoms with van der Waals surface area (Å²) in [6, 6.07) is 40.4. The topological polar surface area (TPSA) is 166 Å². The van der Waals surface area contributed by atoms with E-state index in [9.17, 15) is 49.3 Å². The fraction of sp³-hybridized carbons (Fsp3) is 0.571. The van der Waals surface area contributed by atoms with Gasteiger partial charge in [-0.05, 0) is 291 Å². The zero-order valence-corrected chi connectivity index (χ0v) is 64.2. The van der Waals surface area contributed by atoms with Crippen LogP contribution >= 0.6 is 55.7 Å². The molecule has 1 aromatic heterocycles. The molecule has 6 aliphatic rings. The minimum atomic E-state index is -6.78. The molecule has 0 aliphatic heterocycles. The van der Waals surface area contributed by atoms with E-state index in [0.717, 1.165) is 37.9 Å². The van der Waals surface area contributed by atoms with E-state index in [4.69, 9.17) is 19.3 Å². The molecule has 0 radical (unpaired) electrons. The van der Waals surface area contributed by atoms with Crippen molar-refractivity contribution in [3.05, 3.63) is 134 Å². The Morgan fingerprint density at radius 3 is 1.61 bits per heavy atom. The molecular weight excluding hydrogens is 1510 g/mol. The summed E-state index contributed by atoms with van der Waals surface area (Å²) in [5.41, 5.74) is -1.42. The van der Waals surface area contributed by atoms with Gasteiger partial charge in [0.1, 0.15) is 28.3 Å². The largest absolute Gasteiger partial charge is 0.743 e. The zero-order valence-electron chi connectivity index (χ0n) is 58.3. The Morgan fingerprint density at radius 1 is 0.649 bits per heavy atom. The number of rotatable bonds is 17. The van der Waals surface area contributed by atoms with Crippen LogP contribution in [0.3, 0.4) is 0 Å². The number of phenolic OH excluding ortho intramolecular Hbond substituents is 1. The molecule has 5 unspecified atom stereocenters. The molecule has 0 spiro atoms. The van der Waals surface area contributed by atoms with Gasteiger partial charge in [0.15, 0.2) is 24.4 Å². The highest BCUT2D eigenvalue weighted by Crippen LogP contribution is 2.64. The number of alkyl halides is 5. The first-order chi connectivity index (χ1) is 45.3. The second kappa shape index (κ2) is 32.6. The molecule has 1 N–H and O–H groups in total. The normalized spacial score (nSPS) is 21.9. The molecule has 5 atom stereocenters. The highest BCUT2D eigenvalue weighted by atomic mass is 127. The lowest BCUT2D eigenvalue weighted by molar-refractivity contribution is -0.270. The van der Waals surface area contributed by atoms with Crippen molar-refractivity contribution in [3.8, 4) is 16.4 Å². The van der Waals surface area contributed by atoms with E-state index in [0.29, 0.717) is 43.3 Å². The van der Waals surface area contributed by atoms with Crippen LogP contribution in [0.15, 0.2) is 115 Å². The number of phenols is 1. The first-order valence-electron chi connectivity index (χ1n) is 34.3. The molecule has 534 valence electrons. The van der Waals surface area contributed by atoms with Crippen molar-refractivity contribution in [1.29, 1.82) is 0 Å². The summed E-state index contributed by atoms with van der Waals surface area (Å²) in [6.07, 6.45) is 5.20. The molecular formula is C77H99F5I2O11S2. The van der Waals surface area contributed by atoms with Crippen molar-refractivity contribution in [2.24, 2.45) is 28.1 Å². The van der Waals surface area contributed by atoms with E-state index in [1.807, 2.05) is 32.9 Å². The third-order valence-corrected chi connectivity index (χ3v) is 25.4. The van der Waals surface area contributed by atoms with Crippen molar-refractivity contribution in [2.75, 3.05) is 0 Å². The summed E-state index contributed by atoms with van der Waals surface area (Å²) >= 11 is 4.85. The number of thiophene rings is 1. The molecule has 1 heterocycles. The van der Waals surface area contributed by atoms with Crippen LogP contribution in [0.4, 0.5) is 22.0 Å². The summed E-state index contributed by atoms with van der Waals surface area (Å²) in [5.74, 6) is 0.00105. The van der Waals surface area contributed by atoms with E-state index >= 15 is 0 Å². The molecule has 0 amide bonds. The SMILES string of the molecule is CCC(C)(C)C(=O)OC1(C)CCCC1.CCC(C)(C)C(=O)OC12CC3CC(C1)CC(C(=O)OC(C(F)(F)F)C(F)(F)S(=O)(=O)[O-])(C3)C2.CCC(C)c1cc(I)cc(I)c1OC1(C)CCCCC1.CCC(C)c1ccc(O)cc1.c1ccc(-[s+]2c3ccccc3c3ccccc32)cc1. The number of halogens is 7. The van der Waals surface area contributed by atoms with E-state index in [-0.39, 0.29) is 64.2 Å². The van der Waals surface area contributed by atoms with Gasteiger partial charge in [-0.1, -0.05) is 103 Å². The van der Waals surface area contributed by atoms with Gasteiger partial charge in [-0.2, -0.15) is 22.0 Å². The maximum Gasteiger partial charge on any atom is 0.432 e. The van der Waals surface area contributed by atoms with Crippen LogP contribution in [-0.2, 0) is 38.7 Å². The van der Waals surface area contributed by atoms with Crippen LogP contribution < -0.4 is 4.74 Å². The van der Waals surface area contributed by atoms with Crippen LogP contribution in [0, 0.1) is 35.2 Å². The van der Waals surface area contributed by atoms with Crippen molar-refractivity contribution in [2.45, 2.75) is 251 Å². The average Bonchev–Trinajstić information content (AvgIpc) is 1.34. The van der Waals surface area contributed by atoms with Crippen LogP contribution in [0.1, 0.15) is 228 Å². The number of hydrogen-bond donors (Lipinski definition) is 1. The number of ether oxygens (including phenoxy) is 4. The summed E-state index contributed by atoms with van der Waals surface area (Å²) in [7, 11) is -6.72. The average molecular weight is 1610 g/mol. The Labute approximate surface area is 601 Å². The molecule has 6 aromatic rings. The number of carbonyl (C=O) groups is 3. The number of aromatic hydroxyl groups is 1. The molecule has 20 heteroatoms. The van der Waals surface area contributed by atoms with Gasteiger partial charge in [-0.3, -0.25) is 14.4 Å². The molecule has 6 aliphatic carbocycles. The fourth-order valence-electron chi connectivity index (χ4n) is 14.1. The van der Waals surface area contributed by atoms with Crippen molar-refractivity contribution >= 4 is 104 Å². The molecule has 0 saturated heterocycles. The number of benzene rings is 5. The van der Waals surface area contributed by atoms with Gasteiger partial charge in [0.25, 0.3) is 6.10 Å². The first-order valence-corrected chi connectivity index (χ1v) is 39.1. The molecule has 12 rings (SSSR count). The second-order valence-electron chi connectivity index (χ2n) is 29.4. The summed E-state index contributed by atoms with van der Waals surface area (Å²) in [5, 5.41) is 5.89. The first kappa shape index (κ1) is 79.7. The second-order valence-corrected chi connectivity index (χ2v) is 35.2. The van der Waals surface area contributed by atoms with E-state index in [1.165, 1.54) is 88.3 Å². The van der Waals surface area contributed by atoms with Gasteiger partial charge in [0.05, 0.1) is 19.8 Å². The summed E-state index contributed by atoms with van der Waals surface area (Å²) < 4.78 is 128. The number of fused-ring (bicyclic) bond motifs is 3. The zero-order chi connectivity index (χ0) is 71.7. The van der Waals surface area contributed by atoms with E-state index < -0.39 is 56.0 Å². The Balaban J connectivity index is 0.000000180. The molecule has 6 fully saturated rings. The van der Waals surface area contributed by atoms with E-state index in [2.05, 4.69) is 182 Å². The third-order valence-electron chi connectivity index (χ3n) is 20.8. The fourth-order valence-corrected chi connectivity index (χ4v) is 18.9. The third kappa shape index (κ3) is 19.7. The smallest absolute Gasteiger partial charge is 0.432 e. The standard InChI is InChI=1S/C20H27F5O7S.C18H13S.C17H24I2O.C12H22O2.C10H14O/c1-4-16(2,3)14(26)32-18-8-11-5-12(9-18)7-17(6-11,10-18)15(27)31-13(19(21,22)23)20(24,25)33(28,29)30;1-2-8-14(9-3-1)19-17-12-6-4-10-15(17)16-11-5-7-13-18(16)19;1-4-12(2)14-10-13(18)11-15(19)16(14)20-17(3)8-6-5-7-9-17;1-5-11(2,3)10(13)14-12(4)8-6-7-9-12;1-3-8(2)9-4-6-10(11)7-5-9/h11-13H,4-10H2,1-3H3,(H,28,29,30);1-13H;10-12H,4-9H2,1-3H3;5-9H2,1-4H3;4-8,11H,3H2,1-2H3/q;+1;;;/p-1. The van der Waals surface area contributed by atoms with Gasteiger partial charge >= 0.3 is 29.3 Å². The van der Waals surface area contributed by atoms with Gasteiger partial charge in [0.2, 0.25) is 0 Å². The lowest BCUT2D eigenvalue weighted by Crippen LogP contribution is -2.62. The predicted octanol–water partition coefficient (Wildman–Crippen LogP) is 22.4. The Morgan fingerprint density at radius 2 is 1.12 bits per heavy atom. The van der Waals surface area contributed by atoms with Crippen molar-refractivity contribution in [3.63, 3.8) is 0 Å². The van der Waals surface area contributed by atoms with Crippen LogP contribution in [0.5, 0.6) is 11.5 Å². The number of hydrogen-bond acceptors (Lipinski definition) is 11. The van der Waals surface area contributed by atoms with Gasteiger partial charge in [-0.15, -0.1) is 0 Å². The Bertz CT molecular complexity index is 3680. The highest BCUT2D eigenvalue weighted by Gasteiger charge is 2.67. The van der Waals surface area contributed by atoms with Crippen molar-refractivity contribution in [1.82, 2.24) is 0 Å². The van der Waals surface area contributed by atoms with Crippen LogP contribution in [0.25, 0.3) is 25.1 Å². The van der Waals surface area contributed by atoms with Crippen LogP contribution in [0.2, 0.25) is 0 Å². The Hall–Kier alpha value is -4.65. The number of carbonyl (C=O) groups excluding carboxylic acids is 3. The molecule has 6 saturated carbocycles. The maximum atomic E-state index is 13.9. The minimum absolute atomic E-state index is 0.0349. The van der Waals surface area contributed by atoms with Gasteiger partial charge < -0.3 is 28.6 Å². The molecule has 11 nitrogen and oxygen atoms in total. The molecule has 97 heavy (non-hydrogen) atoms. The van der Waals surface area contributed by atoms with Crippen molar-refractivity contribution < 1.29 is 73.4 Å².